The van der Waals surface area contributed by atoms with Crippen LogP contribution in [0.15, 0.2) is 28.2 Å². The standard InChI is InChI=1S/C32H36ClN11O8S2/c1-32(2,30(50)51)52-38-21(19-14-54-31(34)35-19)26(47)36-22-28(49)43-23(25-37-39-40-41(25)3)16(13-53-29(22)43)12-44-7-4-5-17(44)11-42(6-8-44)27(48)15-9-18(33)24(46)20(45)10-15/h9-10,14,17,22,29H,4-8,11-13H2,1-3H3,(H5-,34,35,36,38,39,40,45,46,47,48,50,51)/p+1. The van der Waals surface area contributed by atoms with Crippen LogP contribution in [0, 0.1) is 0 Å². The molecule has 0 bridgehead atoms. The predicted octanol–water partition coefficient (Wildman–Crippen LogP) is 0.844. The molecule has 3 aromatic rings. The zero-order valence-electron chi connectivity index (χ0n) is 29.3. The molecule has 0 spiro atoms. The maximum atomic E-state index is 14.0. The molecule has 4 aliphatic heterocycles. The van der Waals surface area contributed by atoms with Crippen LogP contribution in [0.25, 0.3) is 5.70 Å². The Balaban J connectivity index is 1.12. The third-order valence-electron chi connectivity index (χ3n) is 10.3. The molecule has 3 fully saturated rings. The number of aromatic hydroxyl groups is 2. The van der Waals surface area contributed by atoms with Gasteiger partial charge in [0.1, 0.15) is 29.7 Å². The van der Waals surface area contributed by atoms with E-state index in [4.69, 9.17) is 22.2 Å². The number of nitrogens with zero attached hydrogens (tertiary/aromatic N) is 9. The number of nitrogens with two attached hydrogens (primary N) is 1. The van der Waals surface area contributed by atoms with E-state index in [-0.39, 0.29) is 39.1 Å². The van der Waals surface area contributed by atoms with Crippen LogP contribution in [0.4, 0.5) is 5.13 Å². The number of carboxylic acids is 1. The van der Waals surface area contributed by atoms with Crippen LogP contribution in [0.5, 0.6) is 11.5 Å². The minimum Gasteiger partial charge on any atom is -0.504 e. The molecule has 0 radical (unpaired) electrons. The first kappa shape index (κ1) is 37.3. The number of thiazole rings is 1. The lowest BCUT2D eigenvalue weighted by Crippen LogP contribution is -2.70. The molecular weight excluding hydrogens is 766 g/mol. The highest BCUT2D eigenvalue weighted by atomic mass is 35.5. The van der Waals surface area contributed by atoms with Crippen molar-refractivity contribution in [1.82, 2.24) is 40.3 Å². The minimum absolute atomic E-state index is 0.0602. The molecular formula is C32H37ClN11O8S2+. The van der Waals surface area contributed by atoms with Gasteiger partial charge >= 0.3 is 5.97 Å². The van der Waals surface area contributed by atoms with Crippen LogP contribution in [-0.4, -0.2) is 146 Å². The Kier molecular flexibility index (Phi) is 9.69. The second kappa shape index (κ2) is 14.0. The van der Waals surface area contributed by atoms with Gasteiger partial charge in [-0.25, -0.2) is 14.5 Å². The Hall–Kier alpha value is -4.99. The maximum Gasteiger partial charge on any atom is 0.350 e. The van der Waals surface area contributed by atoms with Crippen LogP contribution in [0.1, 0.15) is 48.6 Å². The fourth-order valence-corrected chi connectivity index (χ4v) is 9.42. The highest BCUT2D eigenvalue weighted by Gasteiger charge is 2.56. The summed E-state index contributed by atoms with van der Waals surface area (Å²) in [5.41, 5.74) is 5.48. The number of thioether (sulfide) groups is 1. The summed E-state index contributed by atoms with van der Waals surface area (Å²) in [4.78, 5) is 65.5. The summed E-state index contributed by atoms with van der Waals surface area (Å²) in [5, 5.41) is 49.2. The number of halogens is 1. The molecule has 6 N–H and O–H groups in total. The number of aromatic nitrogens is 5. The zero-order chi connectivity index (χ0) is 38.7. The van der Waals surface area contributed by atoms with Gasteiger partial charge in [0, 0.05) is 42.2 Å². The average Bonchev–Trinajstić information content (AvgIpc) is 3.88. The van der Waals surface area contributed by atoms with Gasteiger partial charge in [-0.2, -0.15) is 0 Å². The first-order chi connectivity index (χ1) is 25.6. The van der Waals surface area contributed by atoms with Gasteiger partial charge in [-0.15, -0.1) is 28.2 Å². The highest BCUT2D eigenvalue weighted by Crippen LogP contribution is 2.45. The molecule has 54 heavy (non-hydrogen) atoms. The van der Waals surface area contributed by atoms with E-state index in [0.717, 1.165) is 36.3 Å². The number of β-lactam (4-membered cyclic amide) rings is 1. The molecule has 0 saturated carbocycles. The monoisotopic (exact) mass is 802 g/mol. The predicted molar refractivity (Wildman–Crippen MR) is 195 cm³/mol. The van der Waals surface area contributed by atoms with Gasteiger partial charge in [0.2, 0.25) is 5.60 Å². The summed E-state index contributed by atoms with van der Waals surface area (Å²) in [6, 6.07) is 1.69. The largest absolute Gasteiger partial charge is 0.504 e. The number of amides is 3. The van der Waals surface area contributed by atoms with Crippen molar-refractivity contribution in [2.45, 2.75) is 49.7 Å². The normalized spacial score (nSPS) is 24.2. The molecule has 4 atom stereocenters. The number of hydrogen-bond donors (Lipinski definition) is 5. The molecule has 286 valence electrons. The van der Waals surface area contributed by atoms with Gasteiger partial charge in [0.25, 0.3) is 17.7 Å². The molecule has 19 nitrogen and oxygen atoms in total. The Labute approximate surface area is 321 Å². The van der Waals surface area contributed by atoms with E-state index >= 15 is 0 Å². The van der Waals surface area contributed by atoms with E-state index in [1.165, 1.54) is 47.8 Å². The number of carbonyl (C=O) groups excluding carboxylic acids is 3. The molecule has 2 aromatic heterocycles. The first-order valence-electron chi connectivity index (χ1n) is 16.9. The summed E-state index contributed by atoms with van der Waals surface area (Å²) in [6.07, 6.45) is 1.83. The van der Waals surface area contributed by atoms with Gasteiger partial charge in [-0.3, -0.25) is 19.3 Å². The number of tetrazole rings is 1. The third-order valence-corrected chi connectivity index (χ3v) is 12.6. The number of nitrogens with one attached hydrogen (secondary N) is 1. The fraction of sp³-hybridized carbons (Fsp3) is 0.469. The van der Waals surface area contributed by atoms with Crippen molar-refractivity contribution in [2.24, 2.45) is 12.2 Å². The number of aryl methyl sites for hydroxylation is 1. The molecule has 7 rings (SSSR count). The van der Waals surface area contributed by atoms with E-state index in [2.05, 4.69) is 31.0 Å². The van der Waals surface area contributed by atoms with E-state index in [1.807, 2.05) is 0 Å². The second-order valence-corrected chi connectivity index (χ2v) is 16.5. The zero-order valence-corrected chi connectivity index (χ0v) is 31.7. The van der Waals surface area contributed by atoms with Crippen molar-refractivity contribution in [3.63, 3.8) is 0 Å². The molecule has 1 aromatic carbocycles. The summed E-state index contributed by atoms with van der Waals surface area (Å²) >= 11 is 8.58. The smallest absolute Gasteiger partial charge is 0.350 e. The number of rotatable bonds is 10. The van der Waals surface area contributed by atoms with Gasteiger partial charge in [-0.1, -0.05) is 16.8 Å². The van der Waals surface area contributed by atoms with E-state index in [0.29, 0.717) is 47.9 Å². The van der Waals surface area contributed by atoms with Gasteiger partial charge in [0.15, 0.2) is 28.2 Å². The van der Waals surface area contributed by atoms with Crippen LogP contribution in [0.2, 0.25) is 5.02 Å². The number of piperazine rings is 1. The molecule has 4 unspecified atom stereocenters. The van der Waals surface area contributed by atoms with Crippen LogP contribution in [0.3, 0.4) is 0 Å². The highest BCUT2D eigenvalue weighted by molar-refractivity contribution is 8.00. The lowest BCUT2D eigenvalue weighted by Gasteiger charge is -2.52. The number of anilines is 1. The Morgan fingerprint density at radius 2 is 2.02 bits per heavy atom. The van der Waals surface area contributed by atoms with E-state index in [9.17, 15) is 34.5 Å². The number of aliphatic carboxylic acids is 1. The fourth-order valence-electron chi connectivity index (χ4n) is 7.32. The number of oxime groups is 1. The molecule has 0 aliphatic carbocycles. The van der Waals surface area contributed by atoms with Crippen molar-refractivity contribution in [3.8, 4) is 11.5 Å². The van der Waals surface area contributed by atoms with E-state index in [1.54, 1.807) is 16.8 Å². The van der Waals surface area contributed by atoms with Crippen molar-refractivity contribution in [3.05, 3.63) is 45.2 Å². The first-order valence-corrected chi connectivity index (χ1v) is 19.2. The number of phenolic OH excluding ortho intramolecular Hbond substituents is 2. The Bertz CT molecular complexity index is 2100. The summed E-state index contributed by atoms with van der Waals surface area (Å²) < 4.78 is 2.20. The quantitative estimate of drug-likeness (QED) is 0.0627. The number of hydrogen-bond acceptors (Lipinski definition) is 15. The average molecular weight is 803 g/mol. The molecule has 3 amide bonds. The summed E-state index contributed by atoms with van der Waals surface area (Å²) in [5.74, 6) is -2.84. The molecule has 4 aliphatic rings. The summed E-state index contributed by atoms with van der Waals surface area (Å²) in [7, 11) is 1.68. The van der Waals surface area contributed by atoms with Crippen molar-refractivity contribution in [2.75, 3.05) is 44.2 Å². The van der Waals surface area contributed by atoms with Gasteiger partial charge < -0.3 is 40.6 Å². The lowest BCUT2D eigenvalue weighted by atomic mass is 10.00. The number of quaternary nitrogens is 1. The minimum atomic E-state index is -1.76. The van der Waals surface area contributed by atoms with E-state index < -0.39 is 46.3 Å². The van der Waals surface area contributed by atoms with Crippen molar-refractivity contribution in [1.29, 1.82) is 0 Å². The second-order valence-electron chi connectivity index (χ2n) is 14.1. The number of carboxylic acid groups (broad SMARTS) is 1. The number of benzene rings is 1. The Morgan fingerprint density at radius 1 is 1.24 bits per heavy atom. The molecule has 3 saturated heterocycles. The van der Waals surface area contributed by atoms with Gasteiger partial charge in [-0.05, 0) is 36.4 Å². The van der Waals surface area contributed by atoms with Crippen LogP contribution in [-0.2, 0) is 26.3 Å². The molecule has 6 heterocycles. The number of nitrogen functional groups attached to an aromatic ring is 1. The lowest BCUT2D eigenvalue weighted by molar-refractivity contribution is -0.938. The SMILES string of the molecule is Cn1nnnc1C1=C(C[N+]23CCCC2CN(C(=O)c2cc(O)c(O)c(Cl)c2)CC3)CSC2C(NC(=O)/C(=N\OC(C)(C)C(=O)O)c3csc(N)n3)C(=O)N12. The third kappa shape index (κ3) is 6.58. The maximum absolute atomic E-state index is 14.0. The topological polar surface area (TPSA) is 252 Å². The van der Waals surface area contributed by atoms with Crippen molar-refractivity contribution >= 4 is 74.9 Å². The van der Waals surface area contributed by atoms with Crippen LogP contribution < -0.4 is 11.1 Å². The van der Waals surface area contributed by atoms with Crippen molar-refractivity contribution < 1.29 is 43.8 Å². The number of carbonyl (C=O) groups is 4. The van der Waals surface area contributed by atoms with Gasteiger partial charge in [0.05, 0.1) is 36.9 Å². The Morgan fingerprint density at radius 3 is 2.69 bits per heavy atom. The molecule has 22 heteroatoms. The number of fused-ring (bicyclic) bond motifs is 2. The summed E-state index contributed by atoms with van der Waals surface area (Å²) in [6.45, 7) is 5.57. The van der Waals surface area contributed by atoms with Crippen LogP contribution >= 0.6 is 34.7 Å². The number of phenols is 2.